The first-order valence-electron chi connectivity index (χ1n) is 13.8. The molecular formula is C28H45BrO6. The second kappa shape index (κ2) is 10.2. The second-order valence-electron chi connectivity index (χ2n) is 12.5. The summed E-state index contributed by atoms with van der Waals surface area (Å²) < 4.78 is 11.3. The second-order valence-corrected chi connectivity index (χ2v) is 13.5. The predicted octanol–water partition coefficient (Wildman–Crippen LogP) is 4.87. The molecule has 4 saturated carbocycles. The Morgan fingerprint density at radius 2 is 1.80 bits per heavy atom. The van der Waals surface area contributed by atoms with Crippen molar-refractivity contribution in [2.75, 3.05) is 6.61 Å². The van der Waals surface area contributed by atoms with Crippen LogP contribution in [0.25, 0.3) is 0 Å². The number of alkyl halides is 1. The van der Waals surface area contributed by atoms with Gasteiger partial charge in [-0.1, -0.05) is 36.7 Å². The number of aliphatic hydroxyl groups excluding tert-OH is 2. The summed E-state index contributed by atoms with van der Waals surface area (Å²) in [6, 6.07) is 0. The molecule has 0 spiro atoms. The van der Waals surface area contributed by atoms with Crippen LogP contribution in [0.5, 0.6) is 0 Å². The van der Waals surface area contributed by atoms with Crippen molar-refractivity contribution in [1.29, 1.82) is 0 Å². The fourth-order valence-electron chi connectivity index (χ4n) is 9.25. The van der Waals surface area contributed by atoms with E-state index in [2.05, 4.69) is 36.7 Å². The lowest BCUT2D eigenvalue weighted by molar-refractivity contribution is -0.214. The van der Waals surface area contributed by atoms with Gasteiger partial charge >= 0.3 is 11.9 Å². The highest BCUT2D eigenvalue weighted by molar-refractivity contribution is 9.09. The molecule has 6 nitrogen and oxygen atoms in total. The van der Waals surface area contributed by atoms with E-state index >= 15 is 0 Å². The van der Waals surface area contributed by atoms with E-state index in [0.717, 1.165) is 38.5 Å². The van der Waals surface area contributed by atoms with Crippen LogP contribution >= 0.6 is 15.9 Å². The van der Waals surface area contributed by atoms with E-state index < -0.39 is 6.10 Å². The molecule has 200 valence electrons. The summed E-state index contributed by atoms with van der Waals surface area (Å²) in [5, 5.41) is 22.1. The molecular weight excluding hydrogens is 512 g/mol. The molecule has 0 aromatic rings. The molecule has 12 atom stereocenters. The topological polar surface area (TPSA) is 93.1 Å². The molecule has 4 aliphatic rings. The number of esters is 2. The molecule has 7 heteroatoms. The van der Waals surface area contributed by atoms with Crippen LogP contribution in [-0.4, -0.2) is 51.9 Å². The molecule has 0 aromatic carbocycles. The number of halogens is 1. The van der Waals surface area contributed by atoms with Crippen molar-refractivity contribution in [3.8, 4) is 0 Å². The van der Waals surface area contributed by atoms with Gasteiger partial charge in [0, 0.05) is 23.6 Å². The Balaban J connectivity index is 1.66. The molecule has 35 heavy (non-hydrogen) atoms. The lowest BCUT2D eigenvalue weighted by Gasteiger charge is -2.65. The summed E-state index contributed by atoms with van der Waals surface area (Å²) in [6.07, 6.45) is 5.38. The first-order chi connectivity index (χ1) is 16.4. The molecule has 0 saturated heterocycles. The van der Waals surface area contributed by atoms with Crippen molar-refractivity contribution in [3.63, 3.8) is 0 Å². The molecule has 0 aliphatic heterocycles. The van der Waals surface area contributed by atoms with Crippen LogP contribution < -0.4 is 0 Å². The van der Waals surface area contributed by atoms with Crippen molar-refractivity contribution in [2.45, 2.75) is 109 Å². The van der Waals surface area contributed by atoms with Gasteiger partial charge in [-0.3, -0.25) is 9.59 Å². The maximum Gasteiger partial charge on any atom is 0.305 e. The zero-order valence-corrected chi connectivity index (χ0v) is 23.6. The summed E-state index contributed by atoms with van der Waals surface area (Å²) in [5.74, 6) is 1.04. The van der Waals surface area contributed by atoms with Gasteiger partial charge in [0.1, 0.15) is 6.10 Å². The number of ether oxygens (including phenoxy) is 2. The number of carbonyl (C=O) groups is 2. The number of hydrogen-bond donors (Lipinski definition) is 2. The Morgan fingerprint density at radius 3 is 2.46 bits per heavy atom. The third-order valence-corrected chi connectivity index (χ3v) is 12.1. The van der Waals surface area contributed by atoms with Crippen LogP contribution in [0.4, 0.5) is 0 Å². The molecule has 4 rings (SSSR count). The van der Waals surface area contributed by atoms with Crippen LogP contribution in [0, 0.1) is 46.3 Å². The molecule has 0 bridgehead atoms. The fourth-order valence-corrected chi connectivity index (χ4v) is 10.4. The van der Waals surface area contributed by atoms with Gasteiger partial charge in [0.15, 0.2) is 0 Å². The van der Waals surface area contributed by atoms with Gasteiger partial charge in [0.2, 0.25) is 0 Å². The Hall–Kier alpha value is -0.660. The molecule has 4 fully saturated rings. The van der Waals surface area contributed by atoms with Gasteiger partial charge < -0.3 is 19.7 Å². The monoisotopic (exact) mass is 556 g/mol. The summed E-state index contributed by atoms with van der Waals surface area (Å²) in [7, 11) is 0. The van der Waals surface area contributed by atoms with Crippen LogP contribution in [0.1, 0.15) is 86.0 Å². The molecule has 0 unspecified atom stereocenters. The van der Waals surface area contributed by atoms with Crippen LogP contribution in [0.3, 0.4) is 0 Å². The van der Waals surface area contributed by atoms with Crippen LogP contribution in [0.15, 0.2) is 0 Å². The highest BCUT2D eigenvalue weighted by Gasteiger charge is 2.68. The van der Waals surface area contributed by atoms with Crippen LogP contribution in [0.2, 0.25) is 0 Å². The van der Waals surface area contributed by atoms with Gasteiger partial charge in [-0.25, -0.2) is 0 Å². The van der Waals surface area contributed by atoms with E-state index in [1.807, 2.05) is 6.92 Å². The average Bonchev–Trinajstić information content (AvgIpc) is 3.15. The molecule has 0 aromatic heterocycles. The Labute approximate surface area is 219 Å². The van der Waals surface area contributed by atoms with Crippen molar-refractivity contribution < 1.29 is 29.3 Å². The predicted molar refractivity (Wildman–Crippen MR) is 137 cm³/mol. The highest BCUT2D eigenvalue weighted by Crippen LogP contribution is 2.69. The molecule has 4 aliphatic carbocycles. The molecule has 0 radical (unpaired) electrons. The summed E-state index contributed by atoms with van der Waals surface area (Å²) in [4.78, 5) is 24.3. The number of fused-ring (bicyclic) bond motifs is 5. The number of rotatable bonds is 6. The maximum atomic E-state index is 12.3. The molecule has 0 amide bonds. The first-order valence-corrected chi connectivity index (χ1v) is 14.7. The SMILES string of the molecule is CCOC(=O)CC[C@H](C)[C@H]1CC[C@@H]2[C@H]3[C@H](O)[C@H](Br)[C@@H]4C[C@H](O)CC[C@]4(C)[C@@H]3C[C@H](OC(C)=O)[C@@]21C. The van der Waals surface area contributed by atoms with E-state index in [0.29, 0.717) is 25.4 Å². The smallest absolute Gasteiger partial charge is 0.305 e. The van der Waals surface area contributed by atoms with E-state index in [1.54, 1.807) is 0 Å². The first kappa shape index (κ1) is 27.4. The van der Waals surface area contributed by atoms with Gasteiger partial charge in [0.25, 0.3) is 0 Å². The van der Waals surface area contributed by atoms with Gasteiger partial charge in [-0.2, -0.15) is 0 Å². The zero-order valence-electron chi connectivity index (χ0n) is 22.0. The number of aliphatic hydroxyl groups is 2. The van der Waals surface area contributed by atoms with Crippen LogP contribution in [-0.2, 0) is 19.1 Å². The van der Waals surface area contributed by atoms with Gasteiger partial charge in [-0.15, -0.1) is 0 Å². The van der Waals surface area contributed by atoms with Gasteiger partial charge in [-0.05, 0) is 92.8 Å². The maximum absolute atomic E-state index is 12.3. The zero-order chi connectivity index (χ0) is 25.7. The third kappa shape index (κ3) is 4.60. The number of carbonyl (C=O) groups excluding carboxylic acids is 2. The van der Waals surface area contributed by atoms with E-state index in [-0.39, 0.29) is 69.4 Å². The standard InChI is InChI=1S/C28H45BrO6/c1-6-34-23(32)10-7-15(2)18-8-9-19-24-20(14-22(28(18,19)5)35-16(3)30)27(4)12-11-17(31)13-21(27)25(29)26(24)33/h15,17-22,24-26,31,33H,6-14H2,1-5H3/t15-,17+,18+,19+,20+,21-,22-,24+,25+,26-,27+,28+/m0/s1. The van der Waals surface area contributed by atoms with E-state index in [9.17, 15) is 19.8 Å². The minimum absolute atomic E-state index is 0.00929. The van der Waals surface area contributed by atoms with Crippen molar-refractivity contribution in [2.24, 2.45) is 46.3 Å². The molecule has 0 heterocycles. The van der Waals surface area contributed by atoms with Crippen molar-refractivity contribution in [3.05, 3.63) is 0 Å². The Kier molecular flexibility index (Phi) is 8.01. The minimum Gasteiger partial charge on any atom is -0.466 e. The normalized spacial score (nSPS) is 47.7. The summed E-state index contributed by atoms with van der Waals surface area (Å²) in [6.45, 7) is 10.6. The van der Waals surface area contributed by atoms with Crippen molar-refractivity contribution in [1.82, 2.24) is 0 Å². The number of hydrogen-bond acceptors (Lipinski definition) is 6. The minimum atomic E-state index is -0.487. The average molecular weight is 558 g/mol. The van der Waals surface area contributed by atoms with Gasteiger partial charge in [0.05, 0.1) is 18.8 Å². The Morgan fingerprint density at radius 1 is 1.09 bits per heavy atom. The third-order valence-electron chi connectivity index (χ3n) is 10.9. The largest absolute Gasteiger partial charge is 0.466 e. The lowest BCUT2D eigenvalue weighted by Crippen LogP contribution is -2.66. The fraction of sp³-hybridized carbons (Fsp3) is 0.929. The summed E-state index contributed by atoms with van der Waals surface area (Å²) in [5.41, 5.74) is -0.253. The van der Waals surface area contributed by atoms with Crippen molar-refractivity contribution >= 4 is 27.9 Å². The van der Waals surface area contributed by atoms with E-state index in [1.165, 1.54) is 6.92 Å². The molecule has 2 N–H and O–H groups in total. The van der Waals surface area contributed by atoms with E-state index in [4.69, 9.17) is 9.47 Å². The highest BCUT2D eigenvalue weighted by atomic mass is 79.9. The summed E-state index contributed by atoms with van der Waals surface area (Å²) >= 11 is 3.89. The quantitative estimate of drug-likeness (QED) is 0.358. The Bertz CT molecular complexity index is 804. The lowest BCUT2D eigenvalue weighted by atomic mass is 9.43.